The van der Waals surface area contributed by atoms with E-state index in [1.165, 1.54) is 19.8 Å². The lowest BCUT2D eigenvalue weighted by atomic mass is 9.40. The lowest BCUT2D eigenvalue weighted by Crippen LogP contribution is -2.61. The minimum absolute atomic E-state index is 0.114. The summed E-state index contributed by atoms with van der Waals surface area (Å²) >= 11 is 6.93. The molecule has 0 aromatic heterocycles. The number of hydrogen-bond donors (Lipinski definition) is 1. The second-order valence-corrected chi connectivity index (χ2v) is 12.2. The molecule has 2 saturated carbocycles. The van der Waals surface area contributed by atoms with E-state index < -0.39 is 29.5 Å². The molecule has 176 valence electrons. The van der Waals surface area contributed by atoms with Gasteiger partial charge in [-0.05, 0) is 60.7 Å². The number of ether oxygens (including phenoxy) is 2. The van der Waals surface area contributed by atoms with Crippen LogP contribution >= 0.6 is 11.6 Å². The lowest BCUT2D eigenvalue weighted by molar-refractivity contribution is -0.177. The molecule has 6 heteroatoms. The van der Waals surface area contributed by atoms with Crippen molar-refractivity contribution >= 4 is 23.5 Å². The zero-order valence-corrected chi connectivity index (χ0v) is 20.6. The van der Waals surface area contributed by atoms with E-state index in [0.717, 1.165) is 19.3 Å². The summed E-state index contributed by atoms with van der Waals surface area (Å²) in [7, 11) is 0. The standard InChI is InChI=1S/C25H39ClO5/c1-16(28)31-17(14-27)15-30-21(29)20-24(5)12-8-18-22(2,3)10-7-11-23(18,4)19(24)9-13-25(20,6)26/h9,13,17-20,27H,7-8,10-12,14-15H2,1-6H3/t17-,18+,19-,20+,23+,24-,25-/m0/s1. The summed E-state index contributed by atoms with van der Waals surface area (Å²) in [6.07, 6.45) is 9.02. The zero-order chi connectivity index (χ0) is 23.2. The fraction of sp³-hybridized carbons (Fsp3) is 0.840. The molecule has 0 aromatic rings. The Labute approximate surface area is 191 Å². The third kappa shape index (κ3) is 4.29. The van der Waals surface area contributed by atoms with E-state index in [4.69, 9.17) is 21.1 Å². The van der Waals surface area contributed by atoms with Crippen LogP contribution in [0.1, 0.15) is 73.6 Å². The molecule has 2 fully saturated rings. The van der Waals surface area contributed by atoms with E-state index in [2.05, 4.69) is 33.8 Å². The van der Waals surface area contributed by atoms with Gasteiger partial charge in [-0.25, -0.2) is 0 Å². The molecular weight excluding hydrogens is 416 g/mol. The van der Waals surface area contributed by atoms with E-state index >= 15 is 0 Å². The van der Waals surface area contributed by atoms with Crippen LogP contribution in [0.3, 0.4) is 0 Å². The Morgan fingerprint density at radius 1 is 1.13 bits per heavy atom. The van der Waals surface area contributed by atoms with Crippen LogP contribution in [0.15, 0.2) is 12.2 Å². The van der Waals surface area contributed by atoms with Gasteiger partial charge in [-0.2, -0.15) is 0 Å². The topological polar surface area (TPSA) is 72.8 Å². The molecule has 0 heterocycles. The first-order valence-corrected chi connectivity index (χ1v) is 12.0. The number of esters is 2. The average molecular weight is 455 g/mol. The predicted octanol–water partition coefficient (Wildman–Crippen LogP) is 4.89. The molecule has 0 radical (unpaired) electrons. The molecule has 5 nitrogen and oxygen atoms in total. The van der Waals surface area contributed by atoms with Crippen LogP contribution < -0.4 is 0 Å². The molecule has 0 spiro atoms. The fourth-order valence-corrected chi connectivity index (χ4v) is 7.94. The zero-order valence-electron chi connectivity index (χ0n) is 19.9. The maximum absolute atomic E-state index is 13.4. The van der Waals surface area contributed by atoms with Gasteiger partial charge in [0, 0.05) is 6.92 Å². The van der Waals surface area contributed by atoms with E-state index in [1.54, 1.807) is 0 Å². The van der Waals surface area contributed by atoms with Gasteiger partial charge < -0.3 is 14.6 Å². The molecule has 0 amide bonds. The normalized spacial score (nSPS) is 42.1. The number of rotatable bonds is 5. The average Bonchev–Trinajstić information content (AvgIpc) is 2.62. The molecule has 7 atom stereocenters. The summed E-state index contributed by atoms with van der Waals surface area (Å²) in [6.45, 7) is 12.0. The Morgan fingerprint density at radius 2 is 1.81 bits per heavy atom. The first-order chi connectivity index (χ1) is 14.3. The van der Waals surface area contributed by atoms with Gasteiger partial charge in [0.1, 0.15) is 6.61 Å². The monoisotopic (exact) mass is 454 g/mol. The van der Waals surface area contributed by atoms with Crippen LogP contribution in [-0.2, 0) is 19.1 Å². The maximum Gasteiger partial charge on any atom is 0.311 e. The lowest BCUT2D eigenvalue weighted by Gasteiger charge is -2.65. The first-order valence-electron chi connectivity index (χ1n) is 11.6. The molecule has 31 heavy (non-hydrogen) atoms. The third-order valence-electron chi connectivity index (χ3n) is 8.69. The Balaban J connectivity index is 1.89. The Hall–Kier alpha value is -1.07. The molecule has 0 aliphatic heterocycles. The van der Waals surface area contributed by atoms with E-state index in [1.807, 2.05) is 13.0 Å². The number of carbonyl (C=O) groups excluding carboxylic acids is 2. The van der Waals surface area contributed by atoms with Crippen LogP contribution in [0.5, 0.6) is 0 Å². The SMILES string of the molecule is CC(=O)O[C@@H](CO)COC(=O)[C@@H]1[C@@]2(C)CC[C@@H]3C(C)(C)CCC[C@@]3(C)[C@@H]2C=C[C@]1(C)Cl. The minimum atomic E-state index is -0.863. The molecule has 0 saturated heterocycles. The van der Waals surface area contributed by atoms with Crippen LogP contribution in [-0.4, -0.2) is 41.2 Å². The summed E-state index contributed by atoms with van der Waals surface area (Å²) in [6, 6.07) is 0. The van der Waals surface area contributed by atoms with Crippen LogP contribution in [0, 0.1) is 34.0 Å². The molecule has 3 rings (SSSR count). The summed E-state index contributed by atoms with van der Waals surface area (Å²) < 4.78 is 10.6. The van der Waals surface area contributed by atoms with Crippen molar-refractivity contribution < 1.29 is 24.2 Å². The van der Waals surface area contributed by atoms with Crippen molar-refractivity contribution in [1.82, 2.24) is 0 Å². The van der Waals surface area contributed by atoms with Crippen LogP contribution in [0.25, 0.3) is 0 Å². The van der Waals surface area contributed by atoms with Crippen molar-refractivity contribution in [3.05, 3.63) is 12.2 Å². The van der Waals surface area contributed by atoms with Crippen LogP contribution in [0.4, 0.5) is 0 Å². The number of aliphatic hydroxyl groups is 1. The van der Waals surface area contributed by atoms with Crippen LogP contribution in [0.2, 0.25) is 0 Å². The van der Waals surface area contributed by atoms with Gasteiger partial charge in [0.15, 0.2) is 6.10 Å². The highest BCUT2D eigenvalue weighted by atomic mass is 35.5. The molecule has 3 aliphatic rings. The summed E-state index contributed by atoms with van der Waals surface area (Å²) in [4.78, 5) is 23.8. The highest BCUT2D eigenvalue weighted by molar-refractivity contribution is 6.26. The highest BCUT2D eigenvalue weighted by Crippen LogP contribution is 2.68. The first kappa shape index (κ1) is 24.6. The van der Waals surface area contributed by atoms with Gasteiger partial charge in [0.2, 0.25) is 0 Å². The molecule has 3 aliphatic carbocycles. The summed E-state index contributed by atoms with van der Waals surface area (Å²) in [5.74, 6) is -0.565. The van der Waals surface area contributed by atoms with E-state index in [9.17, 15) is 14.7 Å². The van der Waals surface area contributed by atoms with Gasteiger partial charge in [-0.15, -0.1) is 11.6 Å². The van der Waals surface area contributed by atoms with Crippen molar-refractivity contribution in [3.8, 4) is 0 Å². The smallest absolute Gasteiger partial charge is 0.311 e. The minimum Gasteiger partial charge on any atom is -0.461 e. The summed E-state index contributed by atoms with van der Waals surface area (Å²) in [5, 5.41) is 9.45. The number of alkyl halides is 1. The van der Waals surface area contributed by atoms with E-state index in [-0.39, 0.29) is 34.7 Å². The number of hydrogen-bond acceptors (Lipinski definition) is 5. The molecule has 0 bridgehead atoms. The molecular formula is C25H39ClO5. The molecule has 1 N–H and O–H groups in total. The number of allylic oxidation sites excluding steroid dienone is 2. The maximum atomic E-state index is 13.4. The van der Waals surface area contributed by atoms with Gasteiger partial charge in [-0.3, -0.25) is 9.59 Å². The number of carbonyl (C=O) groups is 2. The van der Waals surface area contributed by atoms with Crippen molar-refractivity contribution in [2.75, 3.05) is 13.2 Å². The van der Waals surface area contributed by atoms with Gasteiger partial charge in [-0.1, -0.05) is 46.3 Å². The third-order valence-corrected chi connectivity index (χ3v) is 9.03. The molecule has 0 aromatic carbocycles. The predicted molar refractivity (Wildman–Crippen MR) is 121 cm³/mol. The second kappa shape index (κ2) is 8.37. The summed E-state index contributed by atoms with van der Waals surface area (Å²) in [5.41, 5.74) is 0.0813. The quantitative estimate of drug-likeness (QED) is 0.364. The largest absolute Gasteiger partial charge is 0.461 e. The van der Waals surface area contributed by atoms with Crippen molar-refractivity contribution in [3.63, 3.8) is 0 Å². The van der Waals surface area contributed by atoms with Gasteiger partial charge in [0.25, 0.3) is 0 Å². The highest BCUT2D eigenvalue weighted by Gasteiger charge is 2.64. The number of halogens is 1. The van der Waals surface area contributed by atoms with Crippen molar-refractivity contribution in [2.24, 2.45) is 34.0 Å². The Morgan fingerprint density at radius 3 is 2.42 bits per heavy atom. The fourth-order valence-electron chi connectivity index (χ4n) is 7.53. The number of fused-ring (bicyclic) bond motifs is 3. The van der Waals surface area contributed by atoms with Crippen molar-refractivity contribution in [1.29, 1.82) is 0 Å². The second-order valence-electron chi connectivity index (χ2n) is 11.4. The van der Waals surface area contributed by atoms with Gasteiger partial charge >= 0.3 is 11.9 Å². The van der Waals surface area contributed by atoms with Crippen molar-refractivity contribution in [2.45, 2.75) is 84.6 Å². The van der Waals surface area contributed by atoms with Gasteiger partial charge in [0.05, 0.1) is 17.4 Å². The Kier molecular flexibility index (Phi) is 6.63. The number of aliphatic hydroxyl groups excluding tert-OH is 1. The Bertz CT molecular complexity index is 744. The van der Waals surface area contributed by atoms with E-state index in [0.29, 0.717) is 5.92 Å². The molecule has 0 unspecified atom stereocenters.